The molecule has 1 aromatic carbocycles. The summed E-state index contributed by atoms with van der Waals surface area (Å²) in [6.07, 6.45) is 1.53. The molecule has 2 aromatic rings. The largest absolute Gasteiger partial charge is 0.506 e. The van der Waals surface area contributed by atoms with Gasteiger partial charge in [0.2, 0.25) is 5.95 Å². The number of fused-ring (bicyclic) bond motifs is 1. The van der Waals surface area contributed by atoms with Gasteiger partial charge in [-0.3, -0.25) is 9.78 Å². The van der Waals surface area contributed by atoms with E-state index in [2.05, 4.69) is 20.1 Å². The molecule has 0 unspecified atom stereocenters. The zero-order valence-electron chi connectivity index (χ0n) is 14.2. The fraction of sp³-hybridized carbons (Fsp3) is 0.444. The molecule has 1 fully saturated rings. The quantitative estimate of drug-likeness (QED) is 0.737. The number of benzene rings is 1. The first-order chi connectivity index (χ1) is 12.2. The van der Waals surface area contributed by atoms with E-state index in [0.717, 1.165) is 69.1 Å². The van der Waals surface area contributed by atoms with Gasteiger partial charge in [0.25, 0.3) is 5.56 Å². The summed E-state index contributed by atoms with van der Waals surface area (Å²) in [6.45, 7) is 4.77. The van der Waals surface area contributed by atoms with E-state index >= 15 is 0 Å². The predicted octanol–water partition coefficient (Wildman–Crippen LogP) is 0.490. The lowest BCUT2D eigenvalue weighted by Gasteiger charge is -2.36. The molecular weight excluding hydrogens is 318 g/mol. The van der Waals surface area contributed by atoms with Crippen molar-refractivity contribution in [3.8, 4) is 5.75 Å². The Labute approximate surface area is 146 Å². The van der Waals surface area contributed by atoms with Gasteiger partial charge in [0.15, 0.2) is 0 Å². The molecule has 0 amide bonds. The summed E-state index contributed by atoms with van der Waals surface area (Å²) in [5.41, 5.74) is 2.59. The van der Waals surface area contributed by atoms with Crippen molar-refractivity contribution >= 4 is 11.6 Å². The number of anilines is 2. The van der Waals surface area contributed by atoms with Crippen molar-refractivity contribution < 1.29 is 5.11 Å². The van der Waals surface area contributed by atoms with Crippen LogP contribution in [-0.4, -0.2) is 54.3 Å². The maximum atomic E-state index is 12.4. The van der Waals surface area contributed by atoms with Crippen LogP contribution in [0.15, 0.2) is 29.1 Å². The highest BCUT2D eigenvalue weighted by Gasteiger charge is 2.22. The number of hydrogen-bond acceptors (Lipinski definition) is 6. The normalized spacial score (nSPS) is 17.9. The Morgan fingerprint density at radius 3 is 2.52 bits per heavy atom. The van der Waals surface area contributed by atoms with Crippen LogP contribution in [0.3, 0.4) is 0 Å². The van der Waals surface area contributed by atoms with Crippen molar-refractivity contribution in [3.63, 3.8) is 0 Å². The van der Waals surface area contributed by atoms with Gasteiger partial charge in [-0.05, 0) is 25.1 Å². The Hall–Kier alpha value is -2.54. The van der Waals surface area contributed by atoms with Gasteiger partial charge in [0, 0.05) is 44.7 Å². The molecule has 0 bridgehead atoms. The van der Waals surface area contributed by atoms with Crippen LogP contribution in [0, 0.1) is 0 Å². The van der Waals surface area contributed by atoms with Gasteiger partial charge in [-0.25, -0.2) is 4.98 Å². The molecule has 7 heteroatoms. The number of phenolic OH excluding ortho intramolecular Hbond substituents is 1. The van der Waals surface area contributed by atoms with Gasteiger partial charge in [-0.1, -0.05) is 12.1 Å². The van der Waals surface area contributed by atoms with Crippen LogP contribution in [-0.2, 0) is 12.8 Å². The number of piperazine rings is 1. The Bertz CT molecular complexity index is 811. The van der Waals surface area contributed by atoms with E-state index in [9.17, 15) is 9.90 Å². The van der Waals surface area contributed by atoms with Crippen LogP contribution in [0.1, 0.15) is 11.3 Å². The van der Waals surface area contributed by atoms with E-state index in [-0.39, 0.29) is 5.56 Å². The number of rotatable bonds is 2. The minimum absolute atomic E-state index is 0.00756. The van der Waals surface area contributed by atoms with Crippen LogP contribution >= 0.6 is 0 Å². The Kier molecular flexibility index (Phi) is 4.31. The zero-order chi connectivity index (χ0) is 17.2. The molecule has 0 spiro atoms. The summed E-state index contributed by atoms with van der Waals surface area (Å²) < 4.78 is 0. The lowest BCUT2D eigenvalue weighted by Crippen LogP contribution is -2.47. The number of para-hydroxylation sites is 2. The maximum Gasteiger partial charge on any atom is 0.255 e. The molecule has 2 aliphatic heterocycles. The number of aromatic amines is 1. The second-order valence-corrected chi connectivity index (χ2v) is 6.53. The molecule has 4 rings (SSSR count). The van der Waals surface area contributed by atoms with Gasteiger partial charge < -0.3 is 20.2 Å². The molecular formula is C18H23N5O2. The number of nitrogens with zero attached hydrogens (tertiary/aromatic N) is 3. The third-order valence-electron chi connectivity index (χ3n) is 4.98. The van der Waals surface area contributed by atoms with Crippen molar-refractivity contribution in [2.75, 3.05) is 49.1 Å². The van der Waals surface area contributed by atoms with Gasteiger partial charge in [-0.2, -0.15) is 0 Å². The molecule has 0 aliphatic carbocycles. The van der Waals surface area contributed by atoms with E-state index in [4.69, 9.17) is 4.98 Å². The molecule has 0 atom stereocenters. The second kappa shape index (κ2) is 6.76. The molecule has 3 N–H and O–H groups in total. The summed E-state index contributed by atoms with van der Waals surface area (Å²) in [5.74, 6) is 0.975. The van der Waals surface area contributed by atoms with Crippen molar-refractivity contribution in [2.45, 2.75) is 12.8 Å². The molecule has 3 heterocycles. The van der Waals surface area contributed by atoms with Crippen LogP contribution in [0.2, 0.25) is 0 Å². The molecule has 132 valence electrons. The molecule has 0 radical (unpaired) electrons. The van der Waals surface area contributed by atoms with Gasteiger partial charge in [0.1, 0.15) is 5.75 Å². The molecule has 1 saturated heterocycles. The Morgan fingerprint density at radius 1 is 1.00 bits per heavy atom. The Balaban J connectivity index is 1.51. The SMILES string of the molecule is O=c1[nH]c(N2CCN(c3ccccc3O)CC2)nc2c1CCNCC2. The van der Waals surface area contributed by atoms with Crippen LogP contribution in [0.5, 0.6) is 5.75 Å². The number of aromatic nitrogens is 2. The standard InChI is InChI=1S/C18H23N5O2/c24-16-4-2-1-3-15(16)22-9-11-23(12-10-22)18-20-14-6-8-19-7-5-13(14)17(25)21-18/h1-4,19,24H,5-12H2,(H,20,21,25). The smallest absolute Gasteiger partial charge is 0.255 e. The number of phenols is 1. The summed E-state index contributed by atoms with van der Waals surface area (Å²) in [6, 6.07) is 7.40. The third kappa shape index (κ3) is 3.19. The van der Waals surface area contributed by atoms with Crippen molar-refractivity contribution in [1.82, 2.24) is 15.3 Å². The van der Waals surface area contributed by atoms with Gasteiger partial charge in [-0.15, -0.1) is 0 Å². The van der Waals surface area contributed by atoms with E-state index in [0.29, 0.717) is 11.7 Å². The maximum absolute atomic E-state index is 12.4. The zero-order valence-corrected chi connectivity index (χ0v) is 14.2. The topological polar surface area (TPSA) is 84.5 Å². The van der Waals surface area contributed by atoms with Gasteiger partial charge in [0.05, 0.1) is 11.4 Å². The molecule has 2 aliphatic rings. The van der Waals surface area contributed by atoms with E-state index < -0.39 is 0 Å². The van der Waals surface area contributed by atoms with E-state index in [1.165, 1.54) is 0 Å². The lowest BCUT2D eigenvalue weighted by molar-refractivity contribution is 0.472. The van der Waals surface area contributed by atoms with E-state index in [1.807, 2.05) is 18.2 Å². The highest BCUT2D eigenvalue weighted by atomic mass is 16.3. The average Bonchev–Trinajstić information content (AvgIpc) is 2.88. The summed E-state index contributed by atoms with van der Waals surface area (Å²) in [4.78, 5) is 24.4. The average molecular weight is 341 g/mol. The first kappa shape index (κ1) is 16.0. The van der Waals surface area contributed by atoms with Crippen molar-refractivity contribution in [2.24, 2.45) is 0 Å². The lowest BCUT2D eigenvalue weighted by atomic mass is 10.1. The molecule has 1 aromatic heterocycles. The molecule has 7 nitrogen and oxygen atoms in total. The summed E-state index contributed by atoms with van der Waals surface area (Å²) >= 11 is 0. The molecule has 25 heavy (non-hydrogen) atoms. The fourth-order valence-corrected chi connectivity index (χ4v) is 3.58. The van der Waals surface area contributed by atoms with Crippen LogP contribution in [0.25, 0.3) is 0 Å². The predicted molar refractivity (Wildman–Crippen MR) is 97.7 cm³/mol. The number of H-pyrrole nitrogens is 1. The number of nitrogens with one attached hydrogen (secondary N) is 2. The fourth-order valence-electron chi connectivity index (χ4n) is 3.58. The van der Waals surface area contributed by atoms with Crippen molar-refractivity contribution in [1.29, 1.82) is 0 Å². The summed E-state index contributed by atoms with van der Waals surface area (Å²) in [7, 11) is 0. The highest BCUT2D eigenvalue weighted by molar-refractivity contribution is 5.58. The third-order valence-corrected chi connectivity index (χ3v) is 4.98. The van der Waals surface area contributed by atoms with Gasteiger partial charge >= 0.3 is 0 Å². The summed E-state index contributed by atoms with van der Waals surface area (Å²) in [5, 5.41) is 13.3. The first-order valence-corrected chi connectivity index (χ1v) is 8.83. The van der Waals surface area contributed by atoms with Crippen LogP contribution in [0.4, 0.5) is 11.6 Å². The number of aromatic hydroxyl groups is 1. The molecule has 0 saturated carbocycles. The van der Waals surface area contributed by atoms with Crippen LogP contribution < -0.4 is 20.7 Å². The Morgan fingerprint density at radius 2 is 1.72 bits per heavy atom. The highest BCUT2D eigenvalue weighted by Crippen LogP contribution is 2.27. The number of hydrogen-bond donors (Lipinski definition) is 3. The first-order valence-electron chi connectivity index (χ1n) is 8.83. The minimum atomic E-state index is -0.00756. The minimum Gasteiger partial charge on any atom is -0.506 e. The monoisotopic (exact) mass is 341 g/mol. The van der Waals surface area contributed by atoms with E-state index in [1.54, 1.807) is 6.07 Å². The second-order valence-electron chi connectivity index (χ2n) is 6.53. The van der Waals surface area contributed by atoms with Crippen molar-refractivity contribution in [3.05, 3.63) is 45.9 Å².